The first-order chi connectivity index (χ1) is 11.6. The molecule has 3 rings (SSSR count). The highest BCUT2D eigenvalue weighted by atomic mass is 16.2. The monoisotopic (exact) mass is 333 g/mol. The number of piperazine rings is 1. The second-order valence-corrected chi connectivity index (χ2v) is 6.29. The maximum atomic E-state index is 12.8. The number of nitrogens with two attached hydrogens (primary N) is 1. The standard InChI is InChI=1S/C15H23N7O2/c16-13(23)9-20-3-1-2-12(8-20)14(24)21-4-6-22(7-5-21)15-18-10-17-11-19-15/h10-12H,1-9H2,(H2,16,23)/t12-/m1/s1. The van der Waals surface area contributed by atoms with Crippen LogP contribution >= 0.6 is 0 Å². The maximum absolute atomic E-state index is 12.8. The van der Waals surface area contributed by atoms with Gasteiger partial charge in [-0.25, -0.2) is 15.0 Å². The summed E-state index contributed by atoms with van der Waals surface area (Å²) in [5.41, 5.74) is 5.26. The zero-order chi connectivity index (χ0) is 16.9. The van der Waals surface area contributed by atoms with Gasteiger partial charge >= 0.3 is 0 Å². The second-order valence-electron chi connectivity index (χ2n) is 6.29. The van der Waals surface area contributed by atoms with Crippen LogP contribution in [0.25, 0.3) is 0 Å². The third-order valence-electron chi connectivity index (χ3n) is 4.59. The average molecular weight is 333 g/mol. The summed E-state index contributed by atoms with van der Waals surface area (Å²) in [5, 5.41) is 0. The Bertz CT molecular complexity index is 574. The van der Waals surface area contributed by atoms with Crippen molar-refractivity contribution in [1.82, 2.24) is 24.8 Å². The van der Waals surface area contributed by atoms with Crippen molar-refractivity contribution in [2.75, 3.05) is 50.7 Å². The molecule has 130 valence electrons. The Hall–Kier alpha value is -2.29. The van der Waals surface area contributed by atoms with Crippen molar-refractivity contribution in [2.24, 2.45) is 11.7 Å². The van der Waals surface area contributed by atoms with E-state index in [1.807, 2.05) is 9.80 Å². The molecule has 2 aliphatic rings. The lowest BCUT2D eigenvalue weighted by atomic mass is 9.96. The van der Waals surface area contributed by atoms with Crippen molar-refractivity contribution in [3.05, 3.63) is 12.7 Å². The lowest BCUT2D eigenvalue weighted by molar-refractivity contribution is -0.138. The Labute approximate surface area is 140 Å². The van der Waals surface area contributed by atoms with Gasteiger partial charge in [0.1, 0.15) is 12.7 Å². The molecule has 2 fully saturated rings. The second kappa shape index (κ2) is 7.52. The highest BCUT2D eigenvalue weighted by molar-refractivity contribution is 5.80. The molecule has 0 spiro atoms. The minimum absolute atomic E-state index is 0.0400. The van der Waals surface area contributed by atoms with Crippen molar-refractivity contribution < 1.29 is 9.59 Å². The lowest BCUT2D eigenvalue weighted by Gasteiger charge is -2.38. The van der Waals surface area contributed by atoms with Gasteiger partial charge in [-0.1, -0.05) is 0 Å². The van der Waals surface area contributed by atoms with Crippen LogP contribution in [0.1, 0.15) is 12.8 Å². The number of anilines is 1. The van der Waals surface area contributed by atoms with E-state index < -0.39 is 0 Å². The van der Waals surface area contributed by atoms with Gasteiger partial charge in [0.25, 0.3) is 0 Å². The van der Waals surface area contributed by atoms with Crippen LogP contribution in [-0.4, -0.2) is 82.4 Å². The zero-order valence-corrected chi connectivity index (χ0v) is 13.7. The SMILES string of the molecule is NC(=O)CN1CCC[C@@H](C(=O)N2CCN(c3ncncn3)CC2)C1. The molecule has 1 aromatic rings. The normalized spacial score (nSPS) is 22.4. The van der Waals surface area contributed by atoms with E-state index in [1.54, 1.807) is 0 Å². The number of nitrogens with zero attached hydrogens (tertiary/aromatic N) is 6. The summed E-state index contributed by atoms with van der Waals surface area (Å²) in [5.74, 6) is 0.456. The molecule has 0 aliphatic carbocycles. The molecule has 24 heavy (non-hydrogen) atoms. The molecular formula is C15H23N7O2. The largest absolute Gasteiger partial charge is 0.369 e. The van der Waals surface area contributed by atoms with Crippen molar-refractivity contribution in [3.8, 4) is 0 Å². The molecule has 9 nitrogen and oxygen atoms in total. The summed E-state index contributed by atoms with van der Waals surface area (Å²) in [6.07, 6.45) is 4.76. The van der Waals surface area contributed by atoms with E-state index in [-0.39, 0.29) is 24.3 Å². The van der Waals surface area contributed by atoms with Gasteiger partial charge in [-0.2, -0.15) is 0 Å². The number of hydrogen-bond acceptors (Lipinski definition) is 7. The van der Waals surface area contributed by atoms with Crippen LogP contribution in [0.15, 0.2) is 12.7 Å². The molecule has 0 aromatic carbocycles. The molecular weight excluding hydrogens is 310 g/mol. The number of piperidine rings is 1. The topological polar surface area (TPSA) is 109 Å². The van der Waals surface area contributed by atoms with Gasteiger partial charge < -0.3 is 15.5 Å². The molecule has 2 saturated heterocycles. The molecule has 2 N–H and O–H groups in total. The van der Waals surface area contributed by atoms with Crippen molar-refractivity contribution in [1.29, 1.82) is 0 Å². The number of rotatable bonds is 4. The van der Waals surface area contributed by atoms with E-state index in [0.717, 1.165) is 19.4 Å². The van der Waals surface area contributed by atoms with Gasteiger partial charge in [-0.3, -0.25) is 14.5 Å². The Morgan fingerprint density at radius 2 is 1.83 bits per heavy atom. The Kier molecular flexibility index (Phi) is 5.19. The zero-order valence-electron chi connectivity index (χ0n) is 13.7. The molecule has 0 unspecified atom stereocenters. The fourth-order valence-corrected chi connectivity index (χ4v) is 3.40. The fraction of sp³-hybridized carbons (Fsp3) is 0.667. The Balaban J connectivity index is 1.52. The summed E-state index contributed by atoms with van der Waals surface area (Å²) in [6, 6.07) is 0. The third-order valence-corrected chi connectivity index (χ3v) is 4.59. The summed E-state index contributed by atoms with van der Waals surface area (Å²) < 4.78 is 0. The Morgan fingerprint density at radius 1 is 1.12 bits per heavy atom. The van der Waals surface area contributed by atoms with E-state index in [4.69, 9.17) is 5.73 Å². The first-order valence-electron chi connectivity index (χ1n) is 8.30. The van der Waals surface area contributed by atoms with Gasteiger partial charge in [0.2, 0.25) is 17.8 Å². The van der Waals surface area contributed by atoms with E-state index in [1.165, 1.54) is 12.7 Å². The van der Waals surface area contributed by atoms with Crippen molar-refractivity contribution in [3.63, 3.8) is 0 Å². The predicted molar refractivity (Wildman–Crippen MR) is 87.0 cm³/mol. The van der Waals surface area contributed by atoms with Gasteiger partial charge in [-0.05, 0) is 19.4 Å². The number of carbonyl (C=O) groups is 2. The molecule has 1 aromatic heterocycles. The minimum atomic E-state index is -0.339. The lowest BCUT2D eigenvalue weighted by Crippen LogP contribution is -2.53. The molecule has 0 radical (unpaired) electrons. The van der Waals surface area contributed by atoms with Crippen LogP contribution in [0.4, 0.5) is 5.95 Å². The summed E-state index contributed by atoms with van der Waals surface area (Å²) in [6.45, 7) is 4.45. The summed E-state index contributed by atoms with van der Waals surface area (Å²) in [7, 11) is 0. The predicted octanol–water partition coefficient (Wildman–Crippen LogP) is -1.28. The highest BCUT2D eigenvalue weighted by Crippen LogP contribution is 2.20. The van der Waals surface area contributed by atoms with Gasteiger partial charge in [0.05, 0.1) is 12.5 Å². The molecule has 2 aliphatic heterocycles. The number of primary amides is 1. The van der Waals surface area contributed by atoms with E-state index >= 15 is 0 Å². The van der Waals surface area contributed by atoms with E-state index in [9.17, 15) is 9.59 Å². The van der Waals surface area contributed by atoms with Crippen LogP contribution in [0.3, 0.4) is 0 Å². The molecule has 2 amide bonds. The fourth-order valence-electron chi connectivity index (χ4n) is 3.40. The van der Waals surface area contributed by atoms with Gasteiger partial charge in [-0.15, -0.1) is 0 Å². The number of aromatic nitrogens is 3. The maximum Gasteiger partial charge on any atom is 0.231 e. The van der Waals surface area contributed by atoms with Crippen LogP contribution < -0.4 is 10.6 Å². The number of amides is 2. The number of carbonyl (C=O) groups excluding carboxylic acids is 2. The number of likely N-dealkylation sites (tertiary alicyclic amines) is 1. The van der Waals surface area contributed by atoms with Crippen molar-refractivity contribution in [2.45, 2.75) is 12.8 Å². The van der Waals surface area contributed by atoms with Crippen LogP contribution in [0.5, 0.6) is 0 Å². The summed E-state index contributed by atoms with van der Waals surface area (Å²) >= 11 is 0. The van der Waals surface area contributed by atoms with Gasteiger partial charge in [0, 0.05) is 32.7 Å². The molecule has 0 saturated carbocycles. The third kappa shape index (κ3) is 3.97. The quantitative estimate of drug-likeness (QED) is 0.731. The van der Waals surface area contributed by atoms with Crippen molar-refractivity contribution >= 4 is 17.8 Å². The first kappa shape index (κ1) is 16.6. The van der Waals surface area contributed by atoms with Gasteiger partial charge in [0.15, 0.2) is 0 Å². The average Bonchev–Trinajstić information content (AvgIpc) is 2.62. The Morgan fingerprint density at radius 3 is 2.50 bits per heavy atom. The molecule has 1 atom stereocenters. The smallest absolute Gasteiger partial charge is 0.231 e. The van der Waals surface area contributed by atoms with E-state index in [0.29, 0.717) is 38.7 Å². The highest BCUT2D eigenvalue weighted by Gasteiger charge is 2.31. The van der Waals surface area contributed by atoms with Crippen LogP contribution in [0, 0.1) is 5.92 Å². The minimum Gasteiger partial charge on any atom is -0.369 e. The number of hydrogen-bond donors (Lipinski definition) is 1. The van der Waals surface area contributed by atoms with Crippen LogP contribution in [-0.2, 0) is 9.59 Å². The van der Waals surface area contributed by atoms with Crippen LogP contribution in [0.2, 0.25) is 0 Å². The summed E-state index contributed by atoms with van der Waals surface area (Å²) in [4.78, 5) is 41.9. The first-order valence-corrected chi connectivity index (χ1v) is 8.30. The molecule has 3 heterocycles. The van der Waals surface area contributed by atoms with E-state index in [2.05, 4.69) is 19.9 Å². The molecule has 9 heteroatoms. The molecule has 0 bridgehead atoms.